The lowest BCUT2D eigenvalue weighted by Gasteiger charge is -2.26. The first-order valence-electron chi connectivity index (χ1n) is 5.15. The summed E-state index contributed by atoms with van der Waals surface area (Å²) in [5.74, 6) is -0.0117. The number of hydrogen-bond acceptors (Lipinski definition) is 2. The average Bonchev–Trinajstić information content (AvgIpc) is 2.16. The van der Waals surface area contributed by atoms with Crippen LogP contribution in [0.25, 0.3) is 0 Å². The molecule has 1 aromatic rings. The van der Waals surface area contributed by atoms with Gasteiger partial charge >= 0.3 is 0 Å². The molecule has 15 heavy (non-hydrogen) atoms. The number of benzene rings is 1. The van der Waals surface area contributed by atoms with Crippen LogP contribution in [-0.2, 0) is 17.8 Å². The van der Waals surface area contributed by atoms with E-state index in [-0.39, 0.29) is 5.91 Å². The molecule has 0 bridgehead atoms. The maximum Gasteiger partial charge on any atom is 0.221 e. The molecule has 3 nitrogen and oxygen atoms in total. The molecule has 1 aliphatic heterocycles. The van der Waals surface area contributed by atoms with Crippen LogP contribution in [0.15, 0.2) is 12.1 Å². The molecule has 1 N–H and O–H groups in total. The number of nitrogens with one attached hydrogen (secondary N) is 1. The maximum atomic E-state index is 11.0. The molecule has 0 saturated heterocycles. The summed E-state index contributed by atoms with van der Waals surface area (Å²) in [6.07, 6.45) is 0.985. The first kappa shape index (κ1) is 10.2. The third-order valence-corrected chi connectivity index (χ3v) is 2.68. The first-order valence-corrected chi connectivity index (χ1v) is 5.15. The highest BCUT2D eigenvalue weighted by Gasteiger charge is 2.16. The fourth-order valence-electron chi connectivity index (χ4n) is 1.96. The Morgan fingerprint density at radius 1 is 1.60 bits per heavy atom. The van der Waals surface area contributed by atoms with Gasteiger partial charge in [-0.25, -0.2) is 0 Å². The largest absolute Gasteiger partial charge is 0.326 e. The second-order valence-corrected chi connectivity index (χ2v) is 4.02. The molecular weight excluding hydrogens is 188 g/mol. The summed E-state index contributed by atoms with van der Waals surface area (Å²) in [5.41, 5.74) is 3.39. The van der Waals surface area contributed by atoms with Crippen molar-refractivity contribution in [2.75, 3.05) is 18.9 Å². The lowest BCUT2D eigenvalue weighted by molar-refractivity contribution is -0.114. The van der Waals surface area contributed by atoms with Gasteiger partial charge in [-0.15, -0.1) is 0 Å². The Kier molecular flexibility index (Phi) is 2.73. The van der Waals surface area contributed by atoms with Crippen LogP contribution in [0.2, 0.25) is 0 Å². The van der Waals surface area contributed by atoms with E-state index in [0.717, 1.165) is 25.2 Å². The van der Waals surface area contributed by atoms with Gasteiger partial charge in [-0.1, -0.05) is 6.07 Å². The van der Waals surface area contributed by atoms with Gasteiger partial charge in [0.15, 0.2) is 0 Å². The number of amides is 1. The van der Waals surface area contributed by atoms with Crippen molar-refractivity contribution in [2.24, 2.45) is 0 Å². The van der Waals surface area contributed by atoms with Gasteiger partial charge in [-0.3, -0.25) is 4.79 Å². The highest BCUT2D eigenvalue weighted by Crippen LogP contribution is 2.24. The summed E-state index contributed by atoms with van der Waals surface area (Å²) in [5, 5.41) is 2.87. The lowest BCUT2D eigenvalue weighted by Crippen LogP contribution is -2.27. The minimum absolute atomic E-state index is 0.0117. The molecule has 0 unspecified atom stereocenters. The Bertz CT molecular complexity index is 387. The summed E-state index contributed by atoms with van der Waals surface area (Å²) in [6, 6.07) is 7.04. The van der Waals surface area contributed by atoms with E-state index >= 15 is 0 Å². The predicted octanol–water partition coefficient (Wildman–Crippen LogP) is 1.43. The number of anilines is 1. The fourth-order valence-corrected chi connectivity index (χ4v) is 1.96. The highest BCUT2D eigenvalue weighted by molar-refractivity contribution is 5.89. The second kappa shape index (κ2) is 4.03. The second-order valence-electron chi connectivity index (χ2n) is 4.02. The van der Waals surface area contributed by atoms with Gasteiger partial charge in [0.1, 0.15) is 0 Å². The SMILES string of the molecule is CC(=O)Nc1cc[c]c2c1CCN(C)C2. The summed E-state index contributed by atoms with van der Waals surface area (Å²) in [4.78, 5) is 13.3. The van der Waals surface area contributed by atoms with Crippen molar-refractivity contribution < 1.29 is 4.79 Å². The summed E-state index contributed by atoms with van der Waals surface area (Å²) in [6.45, 7) is 3.50. The van der Waals surface area contributed by atoms with Crippen LogP contribution < -0.4 is 5.32 Å². The Morgan fingerprint density at radius 3 is 3.13 bits per heavy atom. The molecule has 1 heterocycles. The quantitative estimate of drug-likeness (QED) is 0.749. The molecule has 0 saturated carbocycles. The molecule has 0 aliphatic carbocycles. The van der Waals surface area contributed by atoms with Crippen molar-refractivity contribution in [1.29, 1.82) is 0 Å². The standard InChI is InChI=1S/C12H15N2O/c1-9(15)13-12-5-3-4-10-8-14(2)7-6-11(10)12/h3,5H,6-8H2,1-2H3,(H,13,15). The number of nitrogens with zero attached hydrogens (tertiary/aromatic N) is 1. The van der Waals surface area contributed by atoms with Crippen LogP contribution in [-0.4, -0.2) is 24.4 Å². The number of carbonyl (C=O) groups is 1. The number of rotatable bonds is 1. The van der Waals surface area contributed by atoms with Crippen molar-refractivity contribution in [1.82, 2.24) is 4.90 Å². The van der Waals surface area contributed by atoms with Crippen LogP contribution in [0.1, 0.15) is 18.1 Å². The van der Waals surface area contributed by atoms with E-state index in [9.17, 15) is 4.79 Å². The van der Waals surface area contributed by atoms with E-state index in [4.69, 9.17) is 0 Å². The zero-order valence-electron chi connectivity index (χ0n) is 9.13. The Balaban J connectivity index is 2.33. The predicted molar refractivity (Wildman–Crippen MR) is 59.6 cm³/mol. The van der Waals surface area contributed by atoms with Crippen molar-refractivity contribution in [3.05, 3.63) is 29.3 Å². The van der Waals surface area contributed by atoms with Crippen LogP contribution in [0.5, 0.6) is 0 Å². The summed E-state index contributed by atoms with van der Waals surface area (Å²) in [7, 11) is 2.10. The fraction of sp³-hybridized carbons (Fsp3) is 0.417. The molecule has 0 atom stereocenters. The Labute approximate surface area is 90.1 Å². The summed E-state index contributed by atoms with van der Waals surface area (Å²) < 4.78 is 0. The van der Waals surface area contributed by atoms with Gasteiger partial charge in [-0.05, 0) is 36.7 Å². The smallest absolute Gasteiger partial charge is 0.221 e. The molecule has 1 amide bonds. The third-order valence-electron chi connectivity index (χ3n) is 2.68. The molecule has 0 spiro atoms. The van der Waals surface area contributed by atoms with Crippen molar-refractivity contribution >= 4 is 11.6 Å². The Hall–Kier alpha value is -1.35. The number of hydrogen-bond donors (Lipinski definition) is 1. The normalized spacial score (nSPS) is 15.9. The van der Waals surface area contributed by atoms with Crippen LogP contribution >= 0.6 is 0 Å². The number of carbonyl (C=O) groups excluding carboxylic acids is 1. The third kappa shape index (κ3) is 2.18. The molecule has 1 aliphatic rings. The maximum absolute atomic E-state index is 11.0. The van der Waals surface area contributed by atoms with Crippen LogP contribution in [0.3, 0.4) is 0 Å². The summed E-state index contributed by atoms with van der Waals surface area (Å²) >= 11 is 0. The molecule has 2 rings (SSSR count). The van der Waals surface area contributed by atoms with Gasteiger partial charge in [0.05, 0.1) is 0 Å². The molecular formula is C12H15N2O. The minimum atomic E-state index is -0.0117. The molecule has 0 aromatic heterocycles. The molecule has 79 valence electrons. The highest BCUT2D eigenvalue weighted by atomic mass is 16.1. The van der Waals surface area contributed by atoms with E-state index in [1.165, 1.54) is 18.1 Å². The molecule has 1 aromatic carbocycles. The van der Waals surface area contributed by atoms with Gasteiger partial charge in [0.2, 0.25) is 5.91 Å². The van der Waals surface area contributed by atoms with Crippen molar-refractivity contribution in [2.45, 2.75) is 19.9 Å². The Morgan fingerprint density at radius 2 is 2.40 bits per heavy atom. The zero-order chi connectivity index (χ0) is 10.8. The van der Waals surface area contributed by atoms with E-state index in [2.05, 4.69) is 23.3 Å². The molecule has 1 radical (unpaired) electrons. The minimum Gasteiger partial charge on any atom is -0.326 e. The van der Waals surface area contributed by atoms with E-state index < -0.39 is 0 Å². The van der Waals surface area contributed by atoms with Gasteiger partial charge in [-0.2, -0.15) is 0 Å². The lowest BCUT2D eigenvalue weighted by atomic mass is 9.98. The van der Waals surface area contributed by atoms with E-state index in [1.54, 1.807) is 0 Å². The van der Waals surface area contributed by atoms with E-state index in [0.29, 0.717) is 0 Å². The monoisotopic (exact) mass is 203 g/mol. The van der Waals surface area contributed by atoms with Gasteiger partial charge in [0.25, 0.3) is 0 Å². The van der Waals surface area contributed by atoms with Gasteiger partial charge < -0.3 is 10.2 Å². The van der Waals surface area contributed by atoms with Crippen LogP contribution in [0, 0.1) is 6.07 Å². The van der Waals surface area contributed by atoms with Crippen molar-refractivity contribution in [3.63, 3.8) is 0 Å². The number of likely N-dealkylation sites (N-methyl/N-ethyl adjacent to an activating group) is 1. The van der Waals surface area contributed by atoms with Crippen LogP contribution in [0.4, 0.5) is 5.69 Å². The van der Waals surface area contributed by atoms with E-state index in [1.807, 2.05) is 12.1 Å². The molecule has 3 heteroatoms. The molecule has 0 fully saturated rings. The first-order chi connectivity index (χ1) is 7.16. The van der Waals surface area contributed by atoms with Gasteiger partial charge in [0, 0.05) is 25.7 Å². The average molecular weight is 203 g/mol. The zero-order valence-corrected chi connectivity index (χ0v) is 9.13. The topological polar surface area (TPSA) is 32.3 Å². The number of fused-ring (bicyclic) bond motifs is 1. The van der Waals surface area contributed by atoms with Crippen molar-refractivity contribution in [3.8, 4) is 0 Å².